The van der Waals surface area contributed by atoms with E-state index in [1.165, 1.54) is 6.92 Å². The van der Waals surface area contributed by atoms with Gasteiger partial charge in [0.1, 0.15) is 10.6 Å². The highest BCUT2D eigenvalue weighted by atomic mass is 32.2. The van der Waals surface area contributed by atoms with Crippen LogP contribution in [0.2, 0.25) is 0 Å². The summed E-state index contributed by atoms with van der Waals surface area (Å²) in [5.41, 5.74) is 0.267. The second kappa shape index (κ2) is 6.43. The normalized spacial score (nSPS) is 20.7. The lowest BCUT2D eigenvalue weighted by Gasteiger charge is -2.37. The molecule has 9 nitrogen and oxygen atoms in total. The van der Waals surface area contributed by atoms with E-state index in [-0.39, 0.29) is 28.8 Å². The molecule has 1 amide bonds. The van der Waals surface area contributed by atoms with Crippen molar-refractivity contribution in [3.63, 3.8) is 0 Å². The number of piperidine rings is 1. The fourth-order valence-electron chi connectivity index (χ4n) is 3.08. The van der Waals surface area contributed by atoms with E-state index in [0.717, 1.165) is 0 Å². The number of rotatable bonds is 4. The quantitative estimate of drug-likeness (QED) is 0.801. The van der Waals surface area contributed by atoms with Crippen LogP contribution in [0.15, 0.2) is 9.42 Å². The zero-order valence-corrected chi connectivity index (χ0v) is 14.5. The maximum Gasteiger partial charge on any atom is 0.246 e. The van der Waals surface area contributed by atoms with Gasteiger partial charge in [0.25, 0.3) is 0 Å². The zero-order valence-electron chi connectivity index (χ0n) is 13.7. The Labute approximate surface area is 140 Å². The largest absolute Gasteiger partial charge is 0.360 e. The van der Waals surface area contributed by atoms with E-state index in [2.05, 4.69) is 9.88 Å². The standard InChI is InChI=1S/C14H21N3O6S/c1-10-13(11(2)23-16-10)24(19,20)15-9-12(18)17-5-3-14(4-6-17)21-7-8-22-14/h15H,3-9H2,1-2H3. The number of carbonyl (C=O) groups excluding carboxylic acids is 1. The third-order valence-electron chi connectivity index (χ3n) is 4.34. The lowest BCUT2D eigenvalue weighted by molar-refractivity contribution is -0.187. The Hall–Kier alpha value is -1.49. The van der Waals surface area contributed by atoms with Crippen LogP contribution in [-0.4, -0.2) is 63.0 Å². The molecule has 2 aliphatic rings. The van der Waals surface area contributed by atoms with Gasteiger partial charge in [-0.1, -0.05) is 5.16 Å². The number of ether oxygens (including phenoxy) is 2. The maximum atomic E-state index is 12.3. The predicted molar refractivity (Wildman–Crippen MR) is 81.6 cm³/mol. The summed E-state index contributed by atoms with van der Waals surface area (Å²) in [5, 5.41) is 3.62. The van der Waals surface area contributed by atoms with Gasteiger partial charge < -0.3 is 18.9 Å². The summed E-state index contributed by atoms with van der Waals surface area (Å²) in [6.45, 7) is 4.86. The number of aromatic nitrogens is 1. The number of hydrogen-bond donors (Lipinski definition) is 1. The summed E-state index contributed by atoms with van der Waals surface area (Å²) in [6, 6.07) is 0. The van der Waals surface area contributed by atoms with Crippen molar-refractivity contribution in [3.8, 4) is 0 Å². The van der Waals surface area contributed by atoms with Crippen LogP contribution in [0.3, 0.4) is 0 Å². The third-order valence-corrected chi connectivity index (χ3v) is 5.99. The molecule has 24 heavy (non-hydrogen) atoms. The summed E-state index contributed by atoms with van der Waals surface area (Å²) in [4.78, 5) is 13.9. The first kappa shape index (κ1) is 17.3. The van der Waals surface area contributed by atoms with Crippen LogP contribution in [0.5, 0.6) is 0 Å². The van der Waals surface area contributed by atoms with Gasteiger partial charge in [-0.2, -0.15) is 0 Å². The van der Waals surface area contributed by atoms with Crippen molar-refractivity contribution in [3.05, 3.63) is 11.5 Å². The van der Waals surface area contributed by atoms with Gasteiger partial charge in [0.2, 0.25) is 15.9 Å². The van der Waals surface area contributed by atoms with E-state index in [1.54, 1.807) is 11.8 Å². The fraction of sp³-hybridized carbons (Fsp3) is 0.714. The molecule has 2 aliphatic heterocycles. The number of amides is 1. The molecule has 10 heteroatoms. The van der Waals surface area contributed by atoms with Gasteiger partial charge in [-0.25, -0.2) is 13.1 Å². The van der Waals surface area contributed by atoms with Crippen molar-refractivity contribution in [2.75, 3.05) is 32.8 Å². The van der Waals surface area contributed by atoms with Gasteiger partial charge in [-0.05, 0) is 13.8 Å². The summed E-state index contributed by atoms with van der Waals surface area (Å²) in [7, 11) is -3.84. The Morgan fingerprint density at radius 3 is 2.42 bits per heavy atom. The van der Waals surface area contributed by atoms with E-state index < -0.39 is 15.8 Å². The second-order valence-electron chi connectivity index (χ2n) is 5.97. The molecule has 0 radical (unpaired) electrons. The lowest BCUT2D eigenvalue weighted by Crippen LogP contribution is -2.49. The average molecular weight is 359 g/mol. The van der Waals surface area contributed by atoms with Crippen LogP contribution in [-0.2, 0) is 24.3 Å². The maximum absolute atomic E-state index is 12.3. The van der Waals surface area contributed by atoms with Crippen LogP contribution in [0.25, 0.3) is 0 Å². The Morgan fingerprint density at radius 1 is 1.25 bits per heavy atom. The third kappa shape index (κ3) is 3.32. The van der Waals surface area contributed by atoms with Gasteiger partial charge in [0.05, 0.1) is 19.8 Å². The molecular formula is C14H21N3O6S. The molecule has 0 aliphatic carbocycles. The van der Waals surface area contributed by atoms with Gasteiger partial charge in [-0.3, -0.25) is 4.79 Å². The van der Waals surface area contributed by atoms with Crippen molar-refractivity contribution in [2.24, 2.45) is 0 Å². The Kier molecular flexibility index (Phi) is 4.65. The zero-order chi connectivity index (χ0) is 17.4. The molecular weight excluding hydrogens is 338 g/mol. The molecule has 1 aromatic heterocycles. The highest BCUT2D eigenvalue weighted by Gasteiger charge is 2.40. The van der Waals surface area contributed by atoms with Crippen molar-refractivity contribution >= 4 is 15.9 Å². The van der Waals surface area contributed by atoms with Crippen LogP contribution in [0.4, 0.5) is 0 Å². The van der Waals surface area contributed by atoms with E-state index in [0.29, 0.717) is 39.1 Å². The molecule has 1 N–H and O–H groups in total. The van der Waals surface area contributed by atoms with Crippen molar-refractivity contribution in [2.45, 2.75) is 37.4 Å². The second-order valence-corrected chi connectivity index (χ2v) is 7.67. The highest BCUT2D eigenvalue weighted by molar-refractivity contribution is 7.89. The minimum Gasteiger partial charge on any atom is -0.360 e. The lowest BCUT2D eigenvalue weighted by atomic mass is 10.0. The molecule has 134 valence electrons. The average Bonchev–Trinajstić information content (AvgIpc) is 3.13. The molecule has 1 aromatic rings. The highest BCUT2D eigenvalue weighted by Crippen LogP contribution is 2.31. The molecule has 3 rings (SSSR count). The molecule has 0 unspecified atom stereocenters. The van der Waals surface area contributed by atoms with Crippen LogP contribution in [0.1, 0.15) is 24.3 Å². The summed E-state index contributed by atoms with van der Waals surface area (Å²) < 4.78 is 43.0. The van der Waals surface area contributed by atoms with Crippen molar-refractivity contribution in [1.82, 2.24) is 14.8 Å². The molecule has 0 bridgehead atoms. The van der Waals surface area contributed by atoms with Gasteiger partial charge in [0.15, 0.2) is 11.5 Å². The number of nitrogens with one attached hydrogen (secondary N) is 1. The van der Waals surface area contributed by atoms with Crippen molar-refractivity contribution < 1.29 is 27.2 Å². The summed E-state index contributed by atoms with van der Waals surface area (Å²) >= 11 is 0. The molecule has 0 atom stereocenters. The Balaban J connectivity index is 1.56. The molecule has 2 fully saturated rings. The molecule has 2 saturated heterocycles. The van der Waals surface area contributed by atoms with E-state index >= 15 is 0 Å². The predicted octanol–water partition coefficient (Wildman–Crippen LogP) is -0.0648. The van der Waals surface area contributed by atoms with Gasteiger partial charge in [-0.15, -0.1) is 0 Å². The Morgan fingerprint density at radius 2 is 1.88 bits per heavy atom. The first-order valence-electron chi connectivity index (χ1n) is 7.81. The smallest absolute Gasteiger partial charge is 0.246 e. The minimum absolute atomic E-state index is 0.0133. The number of nitrogens with zero attached hydrogens (tertiary/aromatic N) is 2. The van der Waals surface area contributed by atoms with Gasteiger partial charge >= 0.3 is 0 Å². The van der Waals surface area contributed by atoms with Gasteiger partial charge in [0, 0.05) is 25.9 Å². The molecule has 1 spiro atoms. The summed E-state index contributed by atoms with van der Waals surface area (Å²) in [6.07, 6.45) is 1.19. The number of carbonyl (C=O) groups is 1. The first-order chi connectivity index (χ1) is 11.3. The van der Waals surface area contributed by atoms with E-state index in [1.807, 2.05) is 0 Å². The number of aryl methyl sites for hydroxylation is 2. The van der Waals surface area contributed by atoms with Crippen LogP contribution in [0, 0.1) is 13.8 Å². The van der Waals surface area contributed by atoms with Crippen molar-refractivity contribution in [1.29, 1.82) is 0 Å². The van der Waals surface area contributed by atoms with E-state index in [4.69, 9.17) is 14.0 Å². The minimum atomic E-state index is -3.84. The Bertz CT molecular complexity index is 693. The number of likely N-dealkylation sites (tertiary alicyclic amines) is 1. The fourth-order valence-corrected chi connectivity index (χ4v) is 4.38. The molecule has 0 aromatic carbocycles. The summed E-state index contributed by atoms with van der Waals surface area (Å²) in [5.74, 6) is -0.645. The SMILES string of the molecule is Cc1noc(C)c1S(=O)(=O)NCC(=O)N1CCC2(CC1)OCCO2. The van der Waals surface area contributed by atoms with Crippen LogP contribution < -0.4 is 4.72 Å². The monoisotopic (exact) mass is 359 g/mol. The number of hydrogen-bond acceptors (Lipinski definition) is 7. The molecule has 0 saturated carbocycles. The topological polar surface area (TPSA) is 111 Å². The molecule has 3 heterocycles. The first-order valence-corrected chi connectivity index (χ1v) is 9.30. The van der Waals surface area contributed by atoms with Crippen LogP contribution >= 0.6 is 0 Å². The number of sulfonamides is 1. The van der Waals surface area contributed by atoms with E-state index in [9.17, 15) is 13.2 Å².